The summed E-state index contributed by atoms with van der Waals surface area (Å²) in [6, 6.07) is 8.39. The van der Waals surface area contributed by atoms with E-state index in [0.29, 0.717) is 43.6 Å². The summed E-state index contributed by atoms with van der Waals surface area (Å²) in [6.45, 7) is 8.17. The smallest absolute Gasteiger partial charge is 0.410 e. The number of rotatable bonds is 5. The van der Waals surface area contributed by atoms with E-state index in [1.807, 2.05) is 26.2 Å². The first kappa shape index (κ1) is 26.2. The number of benzene rings is 1. The first-order chi connectivity index (χ1) is 19.2. The zero-order valence-corrected chi connectivity index (χ0v) is 23.6. The first-order valence-corrected chi connectivity index (χ1v) is 14.3. The topological polar surface area (TPSA) is 136 Å². The first-order valence-electron chi connectivity index (χ1n) is 13.4. The minimum Gasteiger partial charge on any atom is -0.444 e. The molecule has 1 saturated carbocycles. The summed E-state index contributed by atoms with van der Waals surface area (Å²) in [5.74, 6) is 1.37. The predicted octanol–water partition coefficient (Wildman–Crippen LogP) is 4.76. The molecule has 12 heteroatoms. The van der Waals surface area contributed by atoms with Crippen LogP contribution in [0.15, 0.2) is 46.6 Å². The Kier molecular flexibility index (Phi) is 6.65. The highest BCUT2D eigenvalue weighted by atomic mass is 32.1. The molecule has 1 aliphatic carbocycles. The normalized spacial score (nSPS) is 17.0. The molecule has 4 aromatic rings. The van der Waals surface area contributed by atoms with Crippen molar-refractivity contribution < 1.29 is 14.1 Å². The van der Waals surface area contributed by atoms with Crippen molar-refractivity contribution in [3.63, 3.8) is 0 Å². The molecule has 2 fully saturated rings. The molecular weight excluding hydrogens is 528 g/mol. The number of nitrogen functional groups attached to an aromatic ring is 1. The predicted molar refractivity (Wildman–Crippen MR) is 152 cm³/mol. The maximum atomic E-state index is 12.4. The van der Waals surface area contributed by atoms with Crippen molar-refractivity contribution in [1.82, 2.24) is 30.0 Å². The Labute approximate surface area is 236 Å². The standard InChI is InChI=1S/C28H32N8O3S/c1-27(2,3)38-26(37)36-13-11-35(12-14-36)25-32-21(17-40-25)22-33-23(34-39-22)28(9-4-10-28)20-7-5-18(6-8-20)19-15-30-24(29)31-16-19/h5-8,15-17H,4,9-14H2,1-3H3,(H2,29,30,31). The third-order valence-electron chi connectivity index (χ3n) is 7.42. The number of anilines is 2. The van der Waals surface area contributed by atoms with Crippen molar-refractivity contribution in [2.75, 3.05) is 36.8 Å². The Morgan fingerprint density at radius 3 is 2.35 bits per heavy atom. The molecule has 208 valence electrons. The van der Waals surface area contributed by atoms with Crippen molar-refractivity contribution in [1.29, 1.82) is 0 Å². The lowest BCUT2D eigenvalue weighted by molar-refractivity contribution is 0.0240. The van der Waals surface area contributed by atoms with Gasteiger partial charge in [-0.05, 0) is 44.7 Å². The van der Waals surface area contributed by atoms with Crippen molar-refractivity contribution in [3.8, 4) is 22.7 Å². The lowest BCUT2D eigenvalue weighted by Crippen LogP contribution is -2.50. The molecule has 0 unspecified atom stereocenters. The molecule has 11 nitrogen and oxygen atoms in total. The van der Waals surface area contributed by atoms with Crippen LogP contribution in [-0.4, -0.2) is 67.9 Å². The molecule has 0 radical (unpaired) electrons. The number of aromatic nitrogens is 5. The van der Waals surface area contributed by atoms with Gasteiger partial charge in [0, 0.05) is 49.5 Å². The maximum absolute atomic E-state index is 12.4. The summed E-state index contributed by atoms with van der Waals surface area (Å²) in [4.78, 5) is 34.1. The number of nitrogens with zero attached hydrogens (tertiary/aromatic N) is 7. The van der Waals surface area contributed by atoms with Crippen molar-refractivity contribution in [3.05, 3.63) is 53.4 Å². The van der Waals surface area contributed by atoms with E-state index in [9.17, 15) is 4.79 Å². The fourth-order valence-corrected chi connectivity index (χ4v) is 5.93. The van der Waals surface area contributed by atoms with Gasteiger partial charge < -0.3 is 24.8 Å². The van der Waals surface area contributed by atoms with Gasteiger partial charge in [0.1, 0.15) is 11.3 Å². The van der Waals surface area contributed by atoms with E-state index in [0.717, 1.165) is 41.1 Å². The third kappa shape index (κ3) is 5.10. The Hall–Kier alpha value is -4.06. The minimum absolute atomic E-state index is 0.259. The van der Waals surface area contributed by atoms with Crippen LogP contribution < -0.4 is 10.6 Å². The lowest BCUT2D eigenvalue weighted by Gasteiger charge is -2.39. The summed E-state index contributed by atoms with van der Waals surface area (Å²) in [6.07, 6.45) is 6.20. The number of ether oxygens (including phenoxy) is 1. The van der Waals surface area contributed by atoms with E-state index in [2.05, 4.69) is 44.3 Å². The number of amides is 1. The zero-order chi connectivity index (χ0) is 27.9. The van der Waals surface area contributed by atoms with E-state index in [-0.39, 0.29) is 17.5 Å². The average Bonchev–Trinajstić information content (AvgIpc) is 3.59. The van der Waals surface area contributed by atoms with Crippen molar-refractivity contribution in [2.24, 2.45) is 0 Å². The van der Waals surface area contributed by atoms with Crippen LogP contribution in [0.2, 0.25) is 0 Å². The lowest BCUT2D eigenvalue weighted by atomic mass is 9.64. The molecule has 40 heavy (non-hydrogen) atoms. The van der Waals surface area contributed by atoms with E-state index >= 15 is 0 Å². The van der Waals surface area contributed by atoms with Crippen LogP contribution in [0.4, 0.5) is 15.9 Å². The summed E-state index contributed by atoms with van der Waals surface area (Å²) in [7, 11) is 0. The molecule has 0 atom stereocenters. The van der Waals surface area contributed by atoms with Gasteiger partial charge in [0.05, 0.1) is 5.41 Å². The summed E-state index contributed by atoms with van der Waals surface area (Å²) in [5.41, 5.74) is 8.61. The number of piperazine rings is 1. The summed E-state index contributed by atoms with van der Waals surface area (Å²) in [5, 5.41) is 7.23. The minimum atomic E-state index is -0.504. The second-order valence-corrected chi connectivity index (χ2v) is 12.1. The Morgan fingerprint density at radius 1 is 1.02 bits per heavy atom. The SMILES string of the molecule is CC(C)(C)OC(=O)N1CCN(c2nc(-c3nc(C4(c5ccc(-c6cnc(N)nc6)cc5)CCC4)no3)cs2)CC1. The van der Waals surface area contributed by atoms with Crippen LogP contribution in [-0.2, 0) is 10.2 Å². The number of nitrogens with two attached hydrogens (primary N) is 1. The molecule has 2 N–H and O–H groups in total. The molecular formula is C28H32N8O3S. The summed E-state index contributed by atoms with van der Waals surface area (Å²) >= 11 is 1.54. The number of hydrogen-bond acceptors (Lipinski definition) is 11. The molecule has 1 aliphatic heterocycles. The van der Waals surface area contributed by atoms with Gasteiger partial charge in [-0.15, -0.1) is 11.3 Å². The van der Waals surface area contributed by atoms with Gasteiger partial charge in [-0.25, -0.2) is 19.7 Å². The van der Waals surface area contributed by atoms with Gasteiger partial charge in [0.25, 0.3) is 5.89 Å². The molecule has 0 spiro atoms. The second-order valence-electron chi connectivity index (χ2n) is 11.2. The fraction of sp³-hybridized carbons (Fsp3) is 0.429. The third-order valence-corrected chi connectivity index (χ3v) is 8.32. The quantitative estimate of drug-likeness (QED) is 0.364. The molecule has 3 aromatic heterocycles. The number of hydrogen-bond donors (Lipinski definition) is 1. The molecule has 1 amide bonds. The Balaban J connectivity index is 1.14. The number of thiazole rings is 1. The van der Waals surface area contributed by atoms with Gasteiger partial charge >= 0.3 is 6.09 Å². The monoisotopic (exact) mass is 560 g/mol. The van der Waals surface area contributed by atoms with E-state index < -0.39 is 5.60 Å². The van der Waals surface area contributed by atoms with E-state index in [1.54, 1.807) is 17.3 Å². The molecule has 2 aliphatic rings. The van der Waals surface area contributed by atoms with Crippen molar-refractivity contribution in [2.45, 2.75) is 51.0 Å². The fourth-order valence-electron chi connectivity index (χ4n) is 5.08. The van der Waals surface area contributed by atoms with E-state index in [1.165, 1.54) is 11.3 Å². The largest absolute Gasteiger partial charge is 0.444 e. The van der Waals surface area contributed by atoms with Gasteiger partial charge in [-0.1, -0.05) is 35.8 Å². The Morgan fingerprint density at radius 2 is 1.73 bits per heavy atom. The van der Waals surface area contributed by atoms with E-state index in [4.69, 9.17) is 25.0 Å². The van der Waals surface area contributed by atoms with Gasteiger partial charge in [-0.3, -0.25) is 0 Å². The second kappa shape index (κ2) is 10.2. The summed E-state index contributed by atoms with van der Waals surface area (Å²) < 4.78 is 11.2. The van der Waals surface area contributed by atoms with Crippen LogP contribution in [0.5, 0.6) is 0 Å². The van der Waals surface area contributed by atoms with Gasteiger partial charge in [0.2, 0.25) is 5.95 Å². The Bertz CT molecular complexity index is 1480. The van der Waals surface area contributed by atoms with Gasteiger partial charge in [-0.2, -0.15) is 4.98 Å². The van der Waals surface area contributed by atoms with Crippen LogP contribution in [0.3, 0.4) is 0 Å². The molecule has 6 rings (SSSR count). The van der Waals surface area contributed by atoms with Crippen LogP contribution in [0, 0.1) is 0 Å². The molecule has 4 heterocycles. The number of carbonyl (C=O) groups excluding carboxylic acids is 1. The van der Waals surface area contributed by atoms with Crippen LogP contribution in [0.1, 0.15) is 51.4 Å². The van der Waals surface area contributed by atoms with Crippen LogP contribution >= 0.6 is 11.3 Å². The molecule has 1 saturated heterocycles. The van der Waals surface area contributed by atoms with Gasteiger partial charge in [0.15, 0.2) is 11.0 Å². The maximum Gasteiger partial charge on any atom is 0.410 e. The number of carbonyl (C=O) groups is 1. The molecule has 0 bridgehead atoms. The van der Waals surface area contributed by atoms with Crippen LogP contribution in [0.25, 0.3) is 22.7 Å². The highest BCUT2D eigenvalue weighted by molar-refractivity contribution is 7.14. The van der Waals surface area contributed by atoms with Crippen molar-refractivity contribution >= 4 is 28.5 Å². The molecule has 1 aromatic carbocycles. The average molecular weight is 561 g/mol. The zero-order valence-electron chi connectivity index (χ0n) is 22.8. The highest BCUT2D eigenvalue weighted by Crippen LogP contribution is 2.48. The highest BCUT2D eigenvalue weighted by Gasteiger charge is 2.44.